The van der Waals surface area contributed by atoms with E-state index >= 15 is 0 Å². The Kier molecular flexibility index (Phi) is 7.98. The van der Waals surface area contributed by atoms with Gasteiger partial charge < -0.3 is 17.0 Å². The van der Waals surface area contributed by atoms with Crippen LogP contribution in [0.5, 0.6) is 0 Å². The van der Waals surface area contributed by atoms with Crippen molar-refractivity contribution in [2.75, 3.05) is 0 Å². The summed E-state index contributed by atoms with van der Waals surface area (Å²) in [5, 5.41) is 0. The summed E-state index contributed by atoms with van der Waals surface area (Å²) >= 11 is 0. The van der Waals surface area contributed by atoms with Crippen LogP contribution in [0.15, 0.2) is 18.2 Å². The molecular formula is C7H6BrFMg. The Morgan fingerprint density at radius 1 is 1.40 bits per heavy atom. The Morgan fingerprint density at radius 2 is 2.00 bits per heavy atom. The zero-order valence-electron chi connectivity index (χ0n) is 5.70. The second-order valence-corrected chi connectivity index (χ2v) is 1.68. The molecule has 0 saturated carbocycles. The molecule has 0 aliphatic carbocycles. The van der Waals surface area contributed by atoms with Crippen molar-refractivity contribution in [2.45, 2.75) is 6.92 Å². The van der Waals surface area contributed by atoms with Crippen molar-refractivity contribution in [2.24, 2.45) is 0 Å². The maximum atomic E-state index is 12.1. The van der Waals surface area contributed by atoms with E-state index in [1.165, 1.54) is 6.07 Å². The summed E-state index contributed by atoms with van der Waals surface area (Å²) in [7, 11) is 0. The van der Waals surface area contributed by atoms with Gasteiger partial charge in [0, 0.05) is 5.82 Å². The quantitative estimate of drug-likeness (QED) is 0.366. The van der Waals surface area contributed by atoms with Crippen LogP contribution in [0.2, 0.25) is 0 Å². The molecule has 0 amide bonds. The van der Waals surface area contributed by atoms with Gasteiger partial charge >= 0.3 is 23.1 Å². The molecule has 10 heavy (non-hydrogen) atoms. The van der Waals surface area contributed by atoms with Crippen LogP contribution in [0.4, 0.5) is 4.39 Å². The Balaban J connectivity index is 0. The van der Waals surface area contributed by atoms with Gasteiger partial charge in [0.25, 0.3) is 0 Å². The first-order valence-electron chi connectivity index (χ1n) is 2.43. The van der Waals surface area contributed by atoms with Gasteiger partial charge in [-0.25, -0.2) is 4.39 Å². The van der Waals surface area contributed by atoms with Gasteiger partial charge in [-0.15, -0.1) is 12.1 Å². The second kappa shape index (κ2) is 6.13. The van der Waals surface area contributed by atoms with E-state index in [4.69, 9.17) is 0 Å². The van der Waals surface area contributed by atoms with Crippen LogP contribution in [0.1, 0.15) is 5.56 Å². The summed E-state index contributed by atoms with van der Waals surface area (Å²) in [4.78, 5) is 0. The van der Waals surface area contributed by atoms with E-state index in [-0.39, 0.29) is 45.9 Å². The van der Waals surface area contributed by atoms with Crippen LogP contribution in [-0.2, 0) is 0 Å². The molecule has 0 aliphatic rings. The largest absolute Gasteiger partial charge is 2.00 e. The molecule has 0 atom stereocenters. The third-order valence-corrected chi connectivity index (χ3v) is 0.905. The predicted octanol–water partition coefficient (Wildman–Crippen LogP) is -1.44. The second-order valence-electron chi connectivity index (χ2n) is 1.68. The molecule has 0 radical (unpaired) electrons. The van der Waals surface area contributed by atoms with Crippen LogP contribution in [0.3, 0.4) is 0 Å². The van der Waals surface area contributed by atoms with Crippen molar-refractivity contribution in [1.29, 1.82) is 0 Å². The zero-order chi connectivity index (χ0) is 5.98. The third kappa shape index (κ3) is 4.25. The SMILES string of the molecule is Cc1[c-]c(F)ccc1.[Br-].[Mg+2]. The third-order valence-electron chi connectivity index (χ3n) is 0.905. The minimum absolute atomic E-state index is 0. The van der Waals surface area contributed by atoms with Crippen LogP contribution >= 0.6 is 0 Å². The van der Waals surface area contributed by atoms with Crippen molar-refractivity contribution in [3.05, 3.63) is 35.6 Å². The Labute approximate surface area is 86.7 Å². The molecule has 3 heteroatoms. The number of benzene rings is 1. The number of halogens is 2. The first-order chi connectivity index (χ1) is 3.79. The van der Waals surface area contributed by atoms with E-state index < -0.39 is 0 Å². The number of rotatable bonds is 0. The molecule has 0 spiro atoms. The monoisotopic (exact) mass is 212 g/mol. The van der Waals surface area contributed by atoms with Crippen molar-refractivity contribution >= 4 is 23.1 Å². The van der Waals surface area contributed by atoms with Gasteiger partial charge in [-0.3, -0.25) is 0 Å². The summed E-state index contributed by atoms with van der Waals surface area (Å²) in [6.07, 6.45) is 0. The van der Waals surface area contributed by atoms with Crippen LogP contribution in [0, 0.1) is 18.8 Å². The molecule has 1 aromatic carbocycles. The fourth-order valence-corrected chi connectivity index (χ4v) is 0.549. The standard InChI is InChI=1S/C7H6F.BrH.Mg/c1-6-3-2-4-7(8)5-6;;/h2-4H,1H3;1H;/q-1;;+2/p-1. The van der Waals surface area contributed by atoms with E-state index in [1.807, 2.05) is 13.0 Å². The first kappa shape index (κ1) is 13.0. The Hall–Kier alpha value is 0.396. The van der Waals surface area contributed by atoms with Gasteiger partial charge in [0.1, 0.15) is 0 Å². The minimum Gasteiger partial charge on any atom is -1.00 e. The molecule has 1 rings (SSSR count). The average Bonchev–Trinajstić information content (AvgIpc) is 1.64. The molecule has 0 N–H and O–H groups in total. The molecule has 0 heterocycles. The molecule has 0 fully saturated rings. The van der Waals surface area contributed by atoms with Gasteiger partial charge in [0.05, 0.1) is 0 Å². The topological polar surface area (TPSA) is 0 Å². The Morgan fingerprint density at radius 3 is 2.30 bits per heavy atom. The van der Waals surface area contributed by atoms with Gasteiger partial charge in [0.2, 0.25) is 0 Å². The van der Waals surface area contributed by atoms with Crippen LogP contribution < -0.4 is 17.0 Å². The molecule has 0 aliphatic heterocycles. The molecule has 0 saturated heterocycles. The Bertz CT molecular complexity index is 173. The van der Waals surface area contributed by atoms with Crippen LogP contribution in [0.25, 0.3) is 0 Å². The predicted molar refractivity (Wildman–Crippen MR) is 35.7 cm³/mol. The van der Waals surface area contributed by atoms with Crippen molar-refractivity contribution in [1.82, 2.24) is 0 Å². The molecule has 50 valence electrons. The average molecular weight is 213 g/mol. The van der Waals surface area contributed by atoms with Crippen molar-refractivity contribution in [3.8, 4) is 0 Å². The number of aryl methyl sites for hydroxylation is 1. The van der Waals surface area contributed by atoms with Gasteiger partial charge in [-0.1, -0.05) is 6.92 Å². The number of hydrogen-bond acceptors (Lipinski definition) is 0. The molecular weight excluding hydrogens is 207 g/mol. The smallest absolute Gasteiger partial charge is 1.00 e. The van der Waals surface area contributed by atoms with Crippen molar-refractivity contribution < 1.29 is 21.4 Å². The van der Waals surface area contributed by atoms with E-state index in [2.05, 4.69) is 6.07 Å². The minimum atomic E-state index is -0.287. The van der Waals surface area contributed by atoms with E-state index in [0.29, 0.717) is 0 Å². The summed E-state index contributed by atoms with van der Waals surface area (Å²) in [5.74, 6) is -0.287. The maximum Gasteiger partial charge on any atom is 2.00 e. The van der Waals surface area contributed by atoms with E-state index in [1.54, 1.807) is 6.07 Å². The summed E-state index contributed by atoms with van der Waals surface area (Å²) in [6, 6.07) is 7.36. The van der Waals surface area contributed by atoms with Gasteiger partial charge in [0.15, 0.2) is 0 Å². The van der Waals surface area contributed by atoms with Crippen molar-refractivity contribution in [3.63, 3.8) is 0 Å². The molecule has 1 aromatic rings. The fourth-order valence-electron chi connectivity index (χ4n) is 0.549. The van der Waals surface area contributed by atoms with Crippen LogP contribution in [-0.4, -0.2) is 23.1 Å². The molecule has 0 aromatic heterocycles. The summed E-state index contributed by atoms with van der Waals surface area (Å²) in [5.41, 5.74) is 0.838. The number of hydrogen-bond donors (Lipinski definition) is 0. The van der Waals surface area contributed by atoms with Gasteiger partial charge in [-0.05, 0) is 0 Å². The molecule has 0 bridgehead atoms. The zero-order valence-corrected chi connectivity index (χ0v) is 8.70. The molecule has 0 unspecified atom stereocenters. The van der Waals surface area contributed by atoms with E-state index in [0.717, 1.165) is 5.56 Å². The molecule has 0 nitrogen and oxygen atoms in total. The fraction of sp³-hybridized carbons (Fsp3) is 0.143. The maximum absolute atomic E-state index is 12.1. The van der Waals surface area contributed by atoms with Gasteiger partial charge in [-0.2, -0.15) is 17.7 Å². The first-order valence-corrected chi connectivity index (χ1v) is 2.43. The summed E-state index contributed by atoms with van der Waals surface area (Å²) < 4.78 is 12.1. The van der Waals surface area contributed by atoms with E-state index in [9.17, 15) is 4.39 Å². The summed E-state index contributed by atoms with van der Waals surface area (Å²) in [6.45, 7) is 1.81. The normalized spacial score (nSPS) is 7.40.